The Morgan fingerprint density at radius 2 is 2.17 bits per heavy atom. The standard InChI is InChI=1S/C16H19ClN4O3/c1-15(2,3)24-14(23)21-7-6-16(9-21)13(22)19-12(20-16)10-4-5-11(17)18-8-10/h4-5,8H,6-7,9H2,1-3H3,(H,19,20,22). The molecule has 24 heavy (non-hydrogen) atoms. The van der Waals surface area contributed by atoms with E-state index in [2.05, 4.69) is 15.3 Å². The summed E-state index contributed by atoms with van der Waals surface area (Å²) in [5.41, 5.74) is -0.847. The van der Waals surface area contributed by atoms with Crippen LogP contribution < -0.4 is 5.32 Å². The maximum Gasteiger partial charge on any atom is 0.410 e. The molecule has 0 aliphatic carbocycles. The summed E-state index contributed by atoms with van der Waals surface area (Å²) < 4.78 is 5.37. The zero-order valence-electron chi connectivity index (χ0n) is 13.8. The summed E-state index contributed by atoms with van der Waals surface area (Å²) in [5.74, 6) is 0.244. The molecule has 3 heterocycles. The van der Waals surface area contributed by atoms with Crippen LogP contribution in [0, 0.1) is 0 Å². The number of carbonyl (C=O) groups is 2. The van der Waals surface area contributed by atoms with E-state index in [-0.39, 0.29) is 12.5 Å². The van der Waals surface area contributed by atoms with Crippen molar-refractivity contribution >= 4 is 29.4 Å². The molecule has 0 bridgehead atoms. The highest BCUT2D eigenvalue weighted by Gasteiger charge is 2.50. The van der Waals surface area contributed by atoms with Crippen LogP contribution in [0.1, 0.15) is 32.8 Å². The normalized spacial score (nSPS) is 23.4. The van der Waals surface area contributed by atoms with Crippen molar-refractivity contribution in [3.05, 3.63) is 29.0 Å². The van der Waals surface area contributed by atoms with Gasteiger partial charge in [-0.05, 0) is 32.9 Å². The Balaban J connectivity index is 1.78. The lowest BCUT2D eigenvalue weighted by Gasteiger charge is -2.25. The van der Waals surface area contributed by atoms with Gasteiger partial charge in [0.1, 0.15) is 16.6 Å². The van der Waals surface area contributed by atoms with Gasteiger partial charge >= 0.3 is 6.09 Å². The van der Waals surface area contributed by atoms with Crippen molar-refractivity contribution in [2.24, 2.45) is 4.99 Å². The molecule has 7 nitrogen and oxygen atoms in total. The number of nitrogens with one attached hydrogen (secondary N) is 1. The van der Waals surface area contributed by atoms with Gasteiger partial charge in [0.15, 0.2) is 5.54 Å². The minimum Gasteiger partial charge on any atom is -0.444 e. The number of aromatic nitrogens is 1. The maximum absolute atomic E-state index is 12.5. The van der Waals surface area contributed by atoms with Gasteiger partial charge < -0.3 is 15.0 Å². The zero-order valence-corrected chi connectivity index (χ0v) is 14.6. The molecule has 1 aromatic rings. The highest BCUT2D eigenvalue weighted by atomic mass is 35.5. The Morgan fingerprint density at radius 1 is 1.42 bits per heavy atom. The lowest BCUT2D eigenvalue weighted by atomic mass is 10.00. The number of likely N-dealkylation sites (tertiary alicyclic amines) is 1. The second-order valence-electron chi connectivity index (χ2n) is 6.97. The van der Waals surface area contributed by atoms with Crippen molar-refractivity contribution < 1.29 is 14.3 Å². The summed E-state index contributed by atoms with van der Waals surface area (Å²) in [6.45, 7) is 6.06. The van der Waals surface area contributed by atoms with Crippen LogP contribution in [0.2, 0.25) is 5.15 Å². The third-order valence-electron chi connectivity index (χ3n) is 3.88. The molecule has 0 aromatic carbocycles. The Kier molecular flexibility index (Phi) is 3.99. The van der Waals surface area contributed by atoms with Crippen molar-refractivity contribution in [2.75, 3.05) is 13.1 Å². The number of amidine groups is 1. The number of rotatable bonds is 1. The van der Waals surface area contributed by atoms with E-state index in [0.717, 1.165) is 0 Å². The zero-order chi connectivity index (χ0) is 17.5. The number of carbonyl (C=O) groups excluding carboxylic acids is 2. The third-order valence-corrected chi connectivity index (χ3v) is 4.10. The van der Waals surface area contributed by atoms with Crippen LogP contribution in [-0.4, -0.2) is 51.9 Å². The summed E-state index contributed by atoms with van der Waals surface area (Å²) in [4.78, 5) is 34.7. The summed E-state index contributed by atoms with van der Waals surface area (Å²) in [6, 6.07) is 3.38. The summed E-state index contributed by atoms with van der Waals surface area (Å²) >= 11 is 5.78. The van der Waals surface area contributed by atoms with Crippen molar-refractivity contribution in [2.45, 2.75) is 38.3 Å². The van der Waals surface area contributed by atoms with Crippen molar-refractivity contribution in [3.63, 3.8) is 0 Å². The van der Waals surface area contributed by atoms with E-state index in [0.29, 0.717) is 29.5 Å². The Bertz CT molecular complexity index is 711. The number of pyridine rings is 1. The SMILES string of the molecule is CC(C)(C)OC(=O)N1CCC2(C1)N=C(c1ccc(Cl)nc1)NC2=O. The average molecular weight is 351 g/mol. The van der Waals surface area contributed by atoms with Crippen LogP contribution in [0.5, 0.6) is 0 Å². The molecule has 1 saturated heterocycles. The fourth-order valence-electron chi connectivity index (χ4n) is 2.72. The fraction of sp³-hybridized carbons (Fsp3) is 0.500. The van der Waals surface area contributed by atoms with E-state index in [9.17, 15) is 9.59 Å². The maximum atomic E-state index is 12.5. The highest BCUT2D eigenvalue weighted by Crippen LogP contribution is 2.31. The van der Waals surface area contributed by atoms with Gasteiger partial charge in [-0.1, -0.05) is 11.6 Å². The van der Waals surface area contributed by atoms with Crippen LogP contribution >= 0.6 is 11.6 Å². The molecule has 1 unspecified atom stereocenters. The quantitative estimate of drug-likeness (QED) is 0.785. The second-order valence-corrected chi connectivity index (χ2v) is 7.35. The number of halogens is 1. The second kappa shape index (κ2) is 5.73. The van der Waals surface area contributed by atoms with Crippen LogP contribution in [-0.2, 0) is 9.53 Å². The first kappa shape index (κ1) is 16.7. The Hall–Kier alpha value is -2.15. The van der Waals surface area contributed by atoms with Crippen LogP contribution in [0.25, 0.3) is 0 Å². The van der Waals surface area contributed by atoms with Gasteiger partial charge in [-0.15, -0.1) is 0 Å². The number of hydrogen-bond acceptors (Lipinski definition) is 5. The van der Waals surface area contributed by atoms with E-state index in [1.165, 1.54) is 4.90 Å². The van der Waals surface area contributed by atoms with E-state index in [1.807, 2.05) is 20.8 Å². The molecule has 128 valence electrons. The number of aliphatic imine (C=N–C) groups is 1. The average Bonchev–Trinajstić information content (AvgIpc) is 3.04. The smallest absolute Gasteiger partial charge is 0.410 e. The fourth-order valence-corrected chi connectivity index (χ4v) is 2.83. The van der Waals surface area contributed by atoms with E-state index in [4.69, 9.17) is 16.3 Å². The molecule has 8 heteroatoms. The molecule has 2 aliphatic rings. The number of nitrogens with zero attached hydrogens (tertiary/aromatic N) is 3. The van der Waals surface area contributed by atoms with Gasteiger partial charge in [0.25, 0.3) is 5.91 Å². The van der Waals surface area contributed by atoms with Gasteiger partial charge in [-0.2, -0.15) is 0 Å². The van der Waals surface area contributed by atoms with Crippen LogP contribution in [0.3, 0.4) is 0 Å². The number of hydrogen-bond donors (Lipinski definition) is 1. The molecule has 3 rings (SSSR count). The lowest BCUT2D eigenvalue weighted by Crippen LogP contribution is -2.44. The number of ether oxygens (including phenoxy) is 1. The predicted molar refractivity (Wildman–Crippen MR) is 89.1 cm³/mol. The molecule has 1 aromatic heterocycles. The van der Waals surface area contributed by atoms with Gasteiger partial charge in [0, 0.05) is 24.7 Å². The van der Waals surface area contributed by atoms with E-state index >= 15 is 0 Å². The number of amides is 2. The molecule has 1 atom stereocenters. The summed E-state index contributed by atoms with van der Waals surface area (Å²) in [5, 5.41) is 3.15. The third kappa shape index (κ3) is 3.21. The predicted octanol–water partition coefficient (Wildman–Crippen LogP) is 1.99. The van der Waals surface area contributed by atoms with Crippen LogP contribution in [0.15, 0.2) is 23.3 Å². The molecule has 2 amide bonds. The molecular weight excluding hydrogens is 332 g/mol. The molecule has 0 saturated carbocycles. The highest BCUT2D eigenvalue weighted by molar-refractivity contribution is 6.29. The molecule has 1 N–H and O–H groups in total. The molecule has 2 aliphatic heterocycles. The van der Waals surface area contributed by atoms with Gasteiger partial charge in [-0.25, -0.2) is 14.8 Å². The first-order valence-electron chi connectivity index (χ1n) is 7.70. The largest absolute Gasteiger partial charge is 0.444 e. The molecule has 0 radical (unpaired) electrons. The topological polar surface area (TPSA) is 83.9 Å². The lowest BCUT2D eigenvalue weighted by molar-refractivity contribution is -0.123. The first-order chi connectivity index (χ1) is 11.2. The van der Waals surface area contributed by atoms with Crippen LogP contribution in [0.4, 0.5) is 4.79 Å². The molecule has 1 fully saturated rings. The minimum atomic E-state index is -0.953. The Morgan fingerprint density at radius 3 is 2.79 bits per heavy atom. The minimum absolute atomic E-state index is 0.207. The van der Waals surface area contributed by atoms with Gasteiger partial charge in [-0.3, -0.25) is 4.79 Å². The summed E-state index contributed by atoms with van der Waals surface area (Å²) in [6.07, 6.45) is 1.59. The van der Waals surface area contributed by atoms with Gasteiger partial charge in [0.2, 0.25) is 0 Å². The first-order valence-corrected chi connectivity index (χ1v) is 8.07. The van der Waals surface area contributed by atoms with Gasteiger partial charge in [0.05, 0.1) is 6.54 Å². The van der Waals surface area contributed by atoms with E-state index in [1.54, 1.807) is 18.3 Å². The van der Waals surface area contributed by atoms with E-state index < -0.39 is 17.2 Å². The van der Waals surface area contributed by atoms with Crippen molar-refractivity contribution in [1.29, 1.82) is 0 Å². The molecular formula is C16H19ClN4O3. The Labute approximate surface area is 145 Å². The summed E-state index contributed by atoms with van der Waals surface area (Å²) in [7, 11) is 0. The van der Waals surface area contributed by atoms with Crippen molar-refractivity contribution in [3.8, 4) is 0 Å². The monoisotopic (exact) mass is 350 g/mol. The van der Waals surface area contributed by atoms with Crippen molar-refractivity contribution in [1.82, 2.24) is 15.2 Å². The molecule has 1 spiro atoms.